The summed E-state index contributed by atoms with van der Waals surface area (Å²) >= 11 is 6.31. The smallest absolute Gasteiger partial charge is 0.125 e. The topological polar surface area (TPSA) is 21.3 Å². The Morgan fingerprint density at radius 2 is 2.00 bits per heavy atom. The van der Waals surface area contributed by atoms with Gasteiger partial charge in [-0.3, -0.25) is 0 Å². The average Bonchev–Trinajstić information content (AvgIpc) is 2.82. The van der Waals surface area contributed by atoms with Crippen molar-refractivity contribution >= 4 is 11.6 Å². The first-order chi connectivity index (χ1) is 10.3. The van der Waals surface area contributed by atoms with Gasteiger partial charge >= 0.3 is 0 Å². The summed E-state index contributed by atoms with van der Waals surface area (Å²) in [5.74, 6) is 2.67. The van der Waals surface area contributed by atoms with Crippen LogP contribution in [0.3, 0.4) is 0 Å². The molecule has 0 aromatic heterocycles. The van der Waals surface area contributed by atoms with Crippen LogP contribution in [0.4, 0.5) is 0 Å². The highest BCUT2D eigenvalue weighted by atomic mass is 35.5. The van der Waals surface area contributed by atoms with Crippen molar-refractivity contribution in [1.29, 1.82) is 0 Å². The van der Waals surface area contributed by atoms with Gasteiger partial charge in [-0.05, 0) is 68.0 Å². The van der Waals surface area contributed by atoms with E-state index in [4.69, 9.17) is 16.3 Å². The second kappa shape index (κ2) is 7.02. The lowest BCUT2D eigenvalue weighted by atomic mass is 9.82. The SMILES string of the molecule is CNCC1CCCCCC1Cc1cc(Cl)cc2c1OCC2. The molecule has 1 fully saturated rings. The molecule has 0 saturated heterocycles. The van der Waals surface area contributed by atoms with Gasteiger partial charge < -0.3 is 10.1 Å². The second-order valence-electron chi connectivity index (χ2n) is 6.57. The number of ether oxygens (including phenoxy) is 1. The molecule has 1 aromatic rings. The maximum absolute atomic E-state index is 6.31. The highest BCUT2D eigenvalue weighted by Gasteiger charge is 2.26. The molecule has 1 aliphatic heterocycles. The molecule has 1 aromatic carbocycles. The largest absolute Gasteiger partial charge is 0.493 e. The lowest BCUT2D eigenvalue weighted by Gasteiger charge is -2.26. The summed E-state index contributed by atoms with van der Waals surface area (Å²) < 4.78 is 5.88. The summed E-state index contributed by atoms with van der Waals surface area (Å²) in [6, 6.07) is 4.21. The zero-order chi connectivity index (χ0) is 14.7. The van der Waals surface area contributed by atoms with Gasteiger partial charge in [0, 0.05) is 11.4 Å². The number of hydrogen-bond donors (Lipinski definition) is 1. The first kappa shape index (κ1) is 15.2. The van der Waals surface area contributed by atoms with Crippen LogP contribution in [0, 0.1) is 11.8 Å². The number of hydrogen-bond acceptors (Lipinski definition) is 2. The number of nitrogens with one attached hydrogen (secondary N) is 1. The summed E-state index contributed by atoms with van der Waals surface area (Å²) in [7, 11) is 2.07. The third kappa shape index (κ3) is 3.54. The fourth-order valence-electron chi connectivity index (χ4n) is 4.04. The van der Waals surface area contributed by atoms with Gasteiger partial charge in [0.1, 0.15) is 5.75 Å². The molecule has 3 heteroatoms. The van der Waals surface area contributed by atoms with E-state index in [0.717, 1.165) is 48.6 Å². The Labute approximate surface area is 133 Å². The fourth-order valence-corrected chi connectivity index (χ4v) is 4.30. The third-order valence-electron chi connectivity index (χ3n) is 5.09. The van der Waals surface area contributed by atoms with Gasteiger partial charge in [-0.2, -0.15) is 0 Å². The predicted octanol–water partition coefficient (Wildman–Crippen LogP) is 4.23. The van der Waals surface area contributed by atoms with Crippen LogP contribution >= 0.6 is 11.6 Å². The molecule has 116 valence electrons. The van der Waals surface area contributed by atoms with E-state index in [1.807, 2.05) is 0 Å². The maximum atomic E-state index is 6.31. The van der Waals surface area contributed by atoms with Crippen molar-refractivity contribution in [1.82, 2.24) is 5.32 Å². The van der Waals surface area contributed by atoms with Gasteiger partial charge in [-0.15, -0.1) is 0 Å². The van der Waals surface area contributed by atoms with Crippen LogP contribution in [0.15, 0.2) is 12.1 Å². The molecule has 2 aliphatic rings. The monoisotopic (exact) mass is 307 g/mol. The van der Waals surface area contributed by atoms with Gasteiger partial charge in [0.25, 0.3) is 0 Å². The molecule has 2 unspecified atom stereocenters. The van der Waals surface area contributed by atoms with E-state index >= 15 is 0 Å². The van der Waals surface area contributed by atoms with Crippen molar-refractivity contribution in [2.45, 2.75) is 44.9 Å². The molecular formula is C18H26ClNO. The van der Waals surface area contributed by atoms with E-state index in [2.05, 4.69) is 24.5 Å². The van der Waals surface area contributed by atoms with E-state index < -0.39 is 0 Å². The third-order valence-corrected chi connectivity index (χ3v) is 5.31. The van der Waals surface area contributed by atoms with Crippen molar-refractivity contribution in [2.24, 2.45) is 11.8 Å². The zero-order valence-electron chi connectivity index (χ0n) is 13.0. The van der Waals surface area contributed by atoms with Gasteiger partial charge in [-0.1, -0.05) is 30.9 Å². The Kier molecular flexibility index (Phi) is 5.07. The number of rotatable bonds is 4. The van der Waals surface area contributed by atoms with Gasteiger partial charge in [-0.25, -0.2) is 0 Å². The summed E-state index contributed by atoms with van der Waals surface area (Å²) in [5.41, 5.74) is 2.64. The molecule has 0 radical (unpaired) electrons. The zero-order valence-corrected chi connectivity index (χ0v) is 13.7. The molecule has 3 rings (SSSR count). The molecule has 1 saturated carbocycles. The molecular weight excluding hydrogens is 282 g/mol. The van der Waals surface area contributed by atoms with E-state index in [9.17, 15) is 0 Å². The van der Waals surface area contributed by atoms with Gasteiger partial charge in [0.15, 0.2) is 0 Å². The van der Waals surface area contributed by atoms with E-state index in [0.29, 0.717) is 0 Å². The van der Waals surface area contributed by atoms with E-state index in [-0.39, 0.29) is 0 Å². The number of halogens is 1. The first-order valence-corrected chi connectivity index (χ1v) is 8.74. The molecule has 21 heavy (non-hydrogen) atoms. The van der Waals surface area contributed by atoms with Crippen LogP contribution in [-0.4, -0.2) is 20.2 Å². The first-order valence-electron chi connectivity index (χ1n) is 8.36. The fraction of sp³-hybridized carbons (Fsp3) is 0.667. The minimum absolute atomic E-state index is 0.756. The predicted molar refractivity (Wildman–Crippen MR) is 88.3 cm³/mol. The minimum Gasteiger partial charge on any atom is -0.493 e. The van der Waals surface area contributed by atoms with Crippen LogP contribution in [0.1, 0.15) is 43.2 Å². The molecule has 0 amide bonds. The molecule has 1 heterocycles. The second-order valence-corrected chi connectivity index (χ2v) is 7.01. The van der Waals surface area contributed by atoms with Gasteiger partial charge in [0.2, 0.25) is 0 Å². The molecule has 2 nitrogen and oxygen atoms in total. The van der Waals surface area contributed by atoms with Crippen molar-refractivity contribution in [2.75, 3.05) is 20.2 Å². The van der Waals surface area contributed by atoms with E-state index in [1.54, 1.807) is 0 Å². The normalized spacial score (nSPS) is 25.2. The minimum atomic E-state index is 0.756. The molecule has 2 atom stereocenters. The number of fused-ring (bicyclic) bond motifs is 1. The summed E-state index contributed by atoms with van der Waals surface area (Å²) in [6.45, 7) is 1.95. The van der Waals surface area contributed by atoms with Crippen molar-refractivity contribution < 1.29 is 4.74 Å². The van der Waals surface area contributed by atoms with E-state index in [1.165, 1.54) is 43.2 Å². The van der Waals surface area contributed by atoms with Crippen LogP contribution in [-0.2, 0) is 12.8 Å². The van der Waals surface area contributed by atoms with Crippen molar-refractivity contribution in [3.8, 4) is 5.75 Å². The molecule has 1 aliphatic carbocycles. The maximum Gasteiger partial charge on any atom is 0.125 e. The Morgan fingerprint density at radius 1 is 1.19 bits per heavy atom. The summed E-state index contributed by atoms with van der Waals surface area (Å²) in [4.78, 5) is 0. The lowest BCUT2D eigenvalue weighted by Crippen LogP contribution is -2.26. The standard InChI is InChI=1S/C18H26ClNO/c1-20-12-15-6-4-2-3-5-13(15)9-16-11-17(19)10-14-7-8-21-18(14)16/h10-11,13,15,20H,2-9,12H2,1H3. The molecule has 0 bridgehead atoms. The van der Waals surface area contributed by atoms with Crippen LogP contribution < -0.4 is 10.1 Å². The lowest BCUT2D eigenvalue weighted by molar-refractivity contribution is 0.297. The highest BCUT2D eigenvalue weighted by molar-refractivity contribution is 6.30. The van der Waals surface area contributed by atoms with Crippen molar-refractivity contribution in [3.63, 3.8) is 0 Å². The summed E-state index contributed by atoms with van der Waals surface area (Å²) in [5, 5.41) is 4.26. The Morgan fingerprint density at radius 3 is 2.81 bits per heavy atom. The Bertz CT molecular complexity index is 488. The quantitative estimate of drug-likeness (QED) is 0.840. The molecule has 1 N–H and O–H groups in total. The van der Waals surface area contributed by atoms with Crippen LogP contribution in [0.25, 0.3) is 0 Å². The summed E-state index contributed by atoms with van der Waals surface area (Å²) in [6.07, 6.45) is 8.97. The Balaban J connectivity index is 1.80. The van der Waals surface area contributed by atoms with Gasteiger partial charge in [0.05, 0.1) is 6.61 Å². The number of benzene rings is 1. The highest BCUT2D eigenvalue weighted by Crippen LogP contribution is 2.38. The van der Waals surface area contributed by atoms with Crippen molar-refractivity contribution in [3.05, 3.63) is 28.3 Å². The van der Waals surface area contributed by atoms with Crippen LogP contribution in [0.2, 0.25) is 5.02 Å². The Hall–Kier alpha value is -0.730. The van der Waals surface area contributed by atoms with Crippen LogP contribution in [0.5, 0.6) is 5.75 Å². The molecule has 0 spiro atoms. The average molecular weight is 308 g/mol.